The molecule has 0 radical (unpaired) electrons. The second-order valence-corrected chi connectivity index (χ2v) is 8.77. The Bertz CT molecular complexity index is 1110. The Morgan fingerprint density at radius 1 is 0.806 bits per heavy atom. The molecule has 4 rings (SSSR count). The Balaban J connectivity index is 1.71. The molecule has 3 aromatic carbocycles. The quantitative estimate of drug-likeness (QED) is 0.415. The number of fused-ring (bicyclic) bond motifs is 1. The lowest BCUT2D eigenvalue weighted by molar-refractivity contribution is -0.126. The van der Waals surface area contributed by atoms with Gasteiger partial charge < -0.3 is 4.74 Å². The summed E-state index contributed by atoms with van der Waals surface area (Å²) in [5.41, 5.74) is 4.44. The predicted molar refractivity (Wildman–Crippen MR) is 126 cm³/mol. The van der Waals surface area contributed by atoms with Crippen LogP contribution in [-0.2, 0) is 9.59 Å². The van der Waals surface area contributed by atoms with Gasteiger partial charge in [-0.3, -0.25) is 9.59 Å². The fraction of sp³-hybridized carbons (Fsp3) is 0.357. The Kier molecular flexibility index (Phi) is 6.22. The molecule has 31 heavy (non-hydrogen) atoms. The average molecular weight is 415 g/mol. The molecule has 0 aromatic heterocycles. The Morgan fingerprint density at radius 2 is 1.42 bits per heavy atom. The van der Waals surface area contributed by atoms with Crippen LogP contribution in [-0.4, -0.2) is 18.7 Å². The number of carbonyl (C=O) groups excluding carboxylic acids is 2. The molecule has 0 spiro atoms. The number of hydrogen-bond donors (Lipinski definition) is 0. The van der Waals surface area contributed by atoms with Crippen molar-refractivity contribution in [2.75, 3.05) is 7.11 Å². The van der Waals surface area contributed by atoms with Gasteiger partial charge in [0.25, 0.3) is 0 Å². The Morgan fingerprint density at radius 3 is 2.10 bits per heavy atom. The molecule has 0 unspecified atom stereocenters. The summed E-state index contributed by atoms with van der Waals surface area (Å²) in [6.07, 6.45) is 6.37. The minimum Gasteiger partial charge on any atom is -0.496 e. The maximum Gasteiger partial charge on any atom is 0.144 e. The van der Waals surface area contributed by atoms with Crippen molar-refractivity contribution < 1.29 is 14.3 Å². The minimum atomic E-state index is -0.677. The Hall–Kier alpha value is -2.94. The molecular weight excluding hydrogens is 384 g/mol. The lowest BCUT2D eigenvalue weighted by Gasteiger charge is -2.24. The van der Waals surface area contributed by atoms with Crippen LogP contribution < -0.4 is 4.74 Å². The topological polar surface area (TPSA) is 43.4 Å². The first-order chi connectivity index (χ1) is 15.0. The molecule has 0 N–H and O–H groups in total. The summed E-state index contributed by atoms with van der Waals surface area (Å²) in [6, 6.07) is 18.8. The highest BCUT2D eigenvalue weighted by atomic mass is 16.5. The highest BCUT2D eigenvalue weighted by Crippen LogP contribution is 2.40. The zero-order chi connectivity index (χ0) is 22.0. The van der Waals surface area contributed by atoms with Gasteiger partial charge in [0, 0.05) is 0 Å². The van der Waals surface area contributed by atoms with Crippen molar-refractivity contribution in [1.29, 1.82) is 0 Å². The van der Waals surface area contributed by atoms with Gasteiger partial charge in [0.2, 0.25) is 0 Å². The van der Waals surface area contributed by atoms with E-state index in [1.807, 2.05) is 18.2 Å². The van der Waals surface area contributed by atoms with Crippen LogP contribution in [0.3, 0.4) is 0 Å². The zero-order valence-electron chi connectivity index (χ0n) is 18.6. The number of Topliss-reactive ketones (excluding diaryl/α,β-unsaturated/α-hetero) is 2. The summed E-state index contributed by atoms with van der Waals surface area (Å²) >= 11 is 0. The maximum absolute atomic E-state index is 11.9. The van der Waals surface area contributed by atoms with Crippen LogP contribution in [0.4, 0.5) is 0 Å². The molecule has 0 aliphatic heterocycles. The second-order valence-electron chi connectivity index (χ2n) is 8.77. The van der Waals surface area contributed by atoms with Gasteiger partial charge in [-0.05, 0) is 89.9 Å². The van der Waals surface area contributed by atoms with Crippen LogP contribution in [0.25, 0.3) is 21.9 Å². The van der Waals surface area contributed by atoms with Gasteiger partial charge in [-0.2, -0.15) is 0 Å². The van der Waals surface area contributed by atoms with Crippen LogP contribution in [0.5, 0.6) is 5.75 Å². The van der Waals surface area contributed by atoms with E-state index in [4.69, 9.17) is 4.74 Å². The van der Waals surface area contributed by atoms with Crippen molar-refractivity contribution in [2.24, 2.45) is 0 Å². The number of hydrogen-bond acceptors (Lipinski definition) is 3. The second kappa shape index (κ2) is 9.05. The normalized spacial score (nSPS) is 14.7. The first-order valence-corrected chi connectivity index (χ1v) is 11.2. The van der Waals surface area contributed by atoms with E-state index in [9.17, 15) is 9.59 Å². The van der Waals surface area contributed by atoms with Gasteiger partial charge in [-0.25, -0.2) is 0 Å². The third-order valence-corrected chi connectivity index (χ3v) is 6.62. The molecule has 0 bridgehead atoms. The fourth-order valence-corrected chi connectivity index (χ4v) is 5.03. The maximum atomic E-state index is 11.9. The number of rotatable bonds is 6. The molecule has 0 amide bonds. The summed E-state index contributed by atoms with van der Waals surface area (Å²) in [5.74, 6) is 0.653. The smallest absolute Gasteiger partial charge is 0.144 e. The van der Waals surface area contributed by atoms with Crippen molar-refractivity contribution in [3.63, 3.8) is 0 Å². The standard InChI is InChI=1S/C28H30O3/c1-18(29)28(19(2)30)25-12-11-21-15-22(9-10-23(21)16-25)24-13-14-27(31-3)26(17-24)20-7-5-4-6-8-20/h9-17,20,28H,4-8H2,1-3H3. The van der Waals surface area contributed by atoms with Crippen LogP contribution in [0.15, 0.2) is 54.6 Å². The van der Waals surface area contributed by atoms with Gasteiger partial charge in [0.15, 0.2) is 0 Å². The lowest BCUT2D eigenvalue weighted by atomic mass is 9.82. The van der Waals surface area contributed by atoms with E-state index >= 15 is 0 Å². The molecule has 1 saturated carbocycles. The Labute approximate surface area is 184 Å². The van der Waals surface area contributed by atoms with Crippen LogP contribution in [0.2, 0.25) is 0 Å². The SMILES string of the molecule is COc1ccc(-c2ccc3cc(C(C(C)=O)C(C)=O)ccc3c2)cc1C1CCCCC1. The van der Waals surface area contributed by atoms with E-state index in [1.54, 1.807) is 7.11 Å². The third-order valence-electron chi connectivity index (χ3n) is 6.62. The first-order valence-electron chi connectivity index (χ1n) is 11.2. The van der Waals surface area contributed by atoms with Crippen LogP contribution >= 0.6 is 0 Å². The number of ketones is 2. The third kappa shape index (κ3) is 4.41. The van der Waals surface area contributed by atoms with E-state index in [-0.39, 0.29) is 11.6 Å². The van der Waals surface area contributed by atoms with Crippen molar-refractivity contribution >= 4 is 22.3 Å². The monoisotopic (exact) mass is 414 g/mol. The van der Waals surface area contributed by atoms with Gasteiger partial charge >= 0.3 is 0 Å². The van der Waals surface area contributed by atoms with E-state index in [1.165, 1.54) is 57.1 Å². The van der Waals surface area contributed by atoms with Crippen molar-refractivity contribution in [3.05, 3.63) is 65.7 Å². The van der Waals surface area contributed by atoms with Crippen molar-refractivity contribution in [2.45, 2.75) is 57.8 Å². The highest BCUT2D eigenvalue weighted by molar-refractivity contribution is 6.06. The molecule has 0 atom stereocenters. The fourth-order valence-electron chi connectivity index (χ4n) is 5.03. The summed E-state index contributed by atoms with van der Waals surface area (Å²) in [6.45, 7) is 2.96. The van der Waals surface area contributed by atoms with Gasteiger partial charge in [-0.1, -0.05) is 49.6 Å². The molecule has 0 saturated heterocycles. The summed E-state index contributed by atoms with van der Waals surface area (Å²) < 4.78 is 5.68. The van der Waals surface area contributed by atoms with Gasteiger partial charge in [0.05, 0.1) is 7.11 Å². The van der Waals surface area contributed by atoms with Crippen molar-refractivity contribution in [1.82, 2.24) is 0 Å². The molecule has 1 aliphatic carbocycles. The molecule has 3 aromatic rings. The van der Waals surface area contributed by atoms with E-state index < -0.39 is 5.92 Å². The molecule has 1 fully saturated rings. The van der Waals surface area contributed by atoms with Crippen molar-refractivity contribution in [3.8, 4) is 16.9 Å². The minimum absolute atomic E-state index is 0.114. The lowest BCUT2D eigenvalue weighted by Crippen LogP contribution is -2.16. The number of methoxy groups -OCH3 is 1. The van der Waals surface area contributed by atoms with E-state index in [0.717, 1.165) is 27.6 Å². The van der Waals surface area contributed by atoms with Crippen LogP contribution in [0.1, 0.15) is 68.9 Å². The summed E-state index contributed by atoms with van der Waals surface area (Å²) in [7, 11) is 1.75. The van der Waals surface area contributed by atoms with E-state index in [2.05, 4.69) is 36.4 Å². The van der Waals surface area contributed by atoms with Gasteiger partial charge in [-0.15, -0.1) is 0 Å². The van der Waals surface area contributed by atoms with E-state index in [0.29, 0.717) is 5.92 Å². The first kappa shape index (κ1) is 21.3. The largest absolute Gasteiger partial charge is 0.496 e. The number of benzene rings is 3. The molecule has 3 heteroatoms. The number of ether oxygens (including phenoxy) is 1. The highest BCUT2D eigenvalue weighted by Gasteiger charge is 2.22. The molecule has 160 valence electrons. The predicted octanol–water partition coefficient (Wildman–Crippen LogP) is 6.82. The molecular formula is C28H30O3. The van der Waals surface area contributed by atoms with Crippen LogP contribution in [0, 0.1) is 0 Å². The summed E-state index contributed by atoms with van der Waals surface area (Å²) in [4.78, 5) is 23.9. The average Bonchev–Trinajstić information content (AvgIpc) is 2.78. The zero-order valence-corrected chi connectivity index (χ0v) is 18.6. The molecule has 3 nitrogen and oxygen atoms in total. The molecule has 0 heterocycles. The van der Waals surface area contributed by atoms with Gasteiger partial charge in [0.1, 0.15) is 23.2 Å². The number of carbonyl (C=O) groups is 2. The molecule has 1 aliphatic rings. The summed E-state index contributed by atoms with van der Waals surface area (Å²) in [5, 5.41) is 2.14.